The Bertz CT molecular complexity index is 613. The van der Waals surface area contributed by atoms with Gasteiger partial charge in [-0.05, 0) is 36.1 Å². The number of benzene rings is 2. The summed E-state index contributed by atoms with van der Waals surface area (Å²) >= 11 is 0. The van der Waals surface area contributed by atoms with E-state index in [1.54, 1.807) is 0 Å². The molecule has 1 atom stereocenters. The van der Waals surface area contributed by atoms with E-state index in [1.807, 2.05) is 47.4 Å². The number of hydrogen-bond acceptors (Lipinski definition) is 2. The Labute approximate surface area is 137 Å². The molecule has 0 spiro atoms. The topological polar surface area (TPSA) is 46.3 Å². The molecule has 22 heavy (non-hydrogen) atoms. The molecule has 0 aliphatic carbocycles. The van der Waals surface area contributed by atoms with Gasteiger partial charge in [0.1, 0.15) is 0 Å². The first-order valence-corrected chi connectivity index (χ1v) is 7.43. The molecule has 4 heteroatoms. The maximum atomic E-state index is 12.6. The van der Waals surface area contributed by atoms with Gasteiger partial charge >= 0.3 is 0 Å². The molecule has 1 aliphatic rings. The van der Waals surface area contributed by atoms with Gasteiger partial charge in [0, 0.05) is 12.2 Å². The standard InChI is InChI=1S/C18H20N2O.ClH/c19-16-10-8-14(9-11-16)13-18(21)20-12-4-7-17(20)15-5-2-1-3-6-15;/h1-3,5-6,8-11,17H,4,7,12-13,19H2;1H. The number of halogens is 1. The van der Waals surface area contributed by atoms with Crippen LogP contribution in [-0.2, 0) is 11.2 Å². The number of carbonyl (C=O) groups is 1. The van der Waals surface area contributed by atoms with Crippen molar-refractivity contribution in [1.82, 2.24) is 4.90 Å². The maximum Gasteiger partial charge on any atom is 0.227 e. The van der Waals surface area contributed by atoms with Gasteiger partial charge in [-0.25, -0.2) is 0 Å². The van der Waals surface area contributed by atoms with Gasteiger partial charge in [0.05, 0.1) is 12.5 Å². The summed E-state index contributed by atoms with van der Waals surface area (Å²) in [7, 11) is 0. The van der Waals surface area contributed by atoms with E-state index in [4.69, 9.17) is 5.73 Å². The lowest BCUT2D eigenvalue weighted by Gasteiger charge is -2.25. The van der Waals surface area contributed by atoms with Gasteiger partial charge in [-0.2, -0.15) is 0 Å². The molecule has 1 fully saturated rings. The summed E-state index contributed by atoms with van der Waals surface area (Å²) in [5, 5.41) is 0. The summed E-state index contributed by atoms with van der Waals surface area (Å²) < 4.78 is 0. The van der Waals surface area contributed by atoms with E-state index in [0.29, 0.717) is 6.42 Å². The molecule has 0 bridgehead atoms. The van der Waals surface area contributed by atoms with Crippen molar-refractivity contribution in [3.05, 3.63) is 65.7 Å². The predicted molar refractivity (Wildman–Crippen MR) is 91.9 cm³/mol. The van der Waals surface area contributed by atoms with Crippen molar-refractivity contribution in [3.63, 3.8) is 0 Å². The molecule has 3 nitrogen and oxygen atoms in total. The van der Waals surface area contributed by atoms with Crippen molar-refractivity contribution < 1.29 is 4.79 Å². The number of rotatable bonds is 3. The molecule has 0 aromatic heterocycles. The predicted octanol–water partition coefficient (Wildman–Crippen LogP) is 3.60. The van der Waals surface area contributed by atoms with E-state index in [1.165, 1.54) is 5.56 Å². The largest absolute Gasteiger partial charge is 0.399 e. The van der Waals surface area contributed by atoms with Crippen LogP contribution in [0.25, 0.3) is 0 Å². The summed E-state index contributed by atoms with van der Waals surface area (Å²) in [6, 6.07) is 18.1. The molecule has 3 rings (SSSR count). The number of nitrogens with two attached hydrogens (primary N) is 1. The average Bonchev–Trinajstić information content (AvgIpc) is 3.00. The number of nitrogens with zero attached hydrogens (tertiary/aromatic N) is 1. The smallest absolute Gasteiger partial charge is 0.227 e. The second kappa shape index (κ2) is 7.32. The minimum absolute atomic E-state index is 0. The Morgan fingerprint density at radius 1 is 1.09 bits per heavy atom. The van der Waals surface area contributed by atoms with Crippen molar-refractivity contribution in [2.45, 2.75) is 25.3 Å². The minimum Gasteiger partial charge on any atom is -0.399 e. The highest BCUT2D eigenvalue weighted by Crippen LogP contribution is 2.32. The summed E-state index contributed by atoms with van der Waals surface area (Å²) in [5.41, 5.74) is 8.67. The normalized spacial score (nSPS) is 17.1. The molecule has 1 saturated heterocycles. The quantitative estimate of drug-likeness (QED) is 0.879. The van der Waals surface area contributed by atoms with Crippen molar-refractivity contribution in [2.75, 3.05) is 12.3 Å². The van der Waals surface area contributed by atoms with Gasteiger partial charge in [-0.3, -0.25) is 4.79 Å². The fourth-order valence-corrected chi connectivity index (χ4v) is 3.00. The zero-order valence-corrected chi connectivity index (χ0v) is 13.3. The van der Waals surface area contributed by atoms with Gasteiger partial charge in [-0.1, -0.05) is 42.5 Å². The van der Waals surface area contributed by atoms with Crippen LogP contribution in [0.1, 0.15) is 30.0 Å². The molecule has 1 amide bonds. The first-order chi connectivity index (χ1) is 10.2. The number of anilines is 1. The van der Waals surface area contributed by atoms with E-state index in [2.05, 4.69) is 12.1 Å². The molecule has 2 aromatic carbocycles. The van der Waals surface area contributed by atoms with E-state index in [-0.39, 0.29) is 24.4 Å². The number of carbonyl (C=O) groups excluding carboxylic acids is 1. The van der Waals surface area contributed by atoms with Crippen LogP contribution < -0.4 is 5.73 Å². The van der Waals surface area contributed by atoms with Gasteiger partial charge in [-0.15, -0.1) is 12.4 Å². The van der Waals surface area contributed by atoms with E-state index >= 15 is 0 Å². The monoisotopic (exact) mass is 316 g/mol. The van der Waals surface area contributed by atoms with Gasteiger partial charge in [0.2, 0.25) is 5.91 Å². The molecule has 0 saturated carbocycles. The van der Waals surface area contributed by atoms with Crippen LogP contribution in [0, 0.1) is 0 Å². The Morgan fingerprint density at radius 3 is 2.45 bits per heavy atom. The van der Waals surface area contributed by atoms with Crippen LogP contribution in [0.5, 0.6) is 0 Å². The molecular formula is C18H21ClN2O. The number of amides is 1. The van der Waals surface area contributed by atoms with Crippen molar-refractivity contribution in [2.24, 2.45) is 0 Å². The van der Waals surface area contributed by atoms with E-state index in [9.17, 15) is 4.79 Å². The highest BCUT2D eigenvalue weighted by molar-refractivity contribution is 5.85. The van der Waals surface area contributed by atoms with Crippen molar-refractivity contribution >= 4 is 24.0 Å². The molecule has 2 aromatic rings. The lowest BCUT2D eigenvalue weighted by molar-refractivity contribution is -0.131. The number of hydrogen-bond donors (Lipinski definition) is 1. The molecule has 0 radical (unpaired) electrons. The highest BCUT2D eigenvalue weighted by atomic mass is 35.5. The summed E-state index contributed by atoms with van der Waals surface area (Å²) in [5.74, 6) is 0.200. The first kappa shape index (κ1) is 16.4. The molecule has 1 aliphatic heterocycles. The van der Waals surface area contributed by atoms with E-state index in [0.717, 1.165) is 30.6 Å². The molecular weight excluding hydrogens is 296 g/mol. The van der Waals surface area contributed by atoms with Gasteiger partial charge < -0.3 is 10.6 Å². The highest BCUT2D eigenvalue weighted by Gasteiger charge is 2.29. The third kappa shape index (κ3) is 3.60. The van der Waals surface area contributed by atoms with Crippen molar-refractivity contribution in [1.29, 1.82) is 0 Å². The SMILES string of the molecule is Cl.Nc1ccc(CC(=O)N2CCCC2c2ccccc2)cc1. The zero-order valence-electron chi connectivity index (χ0n) is 12.4. The Hall–Kier alpha value is -2.00. The maximum absolute atomic E-state index is 12.6. The average molecular weight is 317 g/mol. The van der Waals surface area contributed by atoms with Crippen LogP contribution in [0.15, 0.2) is 54.6 Å². The Morgan fingerprint density at radius 2 is 1.77 bits per heavy atom. The zero-order chi connectivity index (χ0) is 14.7. The van der Waals surface area contributed by atoms with Crippen LogP contribution in [0.3, 0.4) is 0 Å². The fourth-order valence-electron chi connectivity index (χ4n) is 3.00. The lowest BCUT2D eigenvalue weighted by atomic mass is 10.0. The van der Waals surface area contributed by atoms with Crippen molar-refractivity contribution in [3.8, 4) is 0 Å². The number of likely N-dealkylation sites (tertiary alicyclic amines) is 1. The summed E-state index contributed by atoms with van der Waals surface area (Å²) in [4.78, 5) is 14.6. The van der Waals surface area contributed by atoms with Crippen LogP contribution in [0.2, 0.25) is 0 Å². The molecule has 1 heterocycles. The number of nitrogen functional groups attached to an aromatic ring is 1. The lowest BCUT2D eigenvalue weighted by Crippen LogP contribution is -2.31. The van der Waals surface area contributed by atoms with Crippen LogP contribution in [-0.4, -0.2) is 17.4 Å². The molecule has 2 N–H and O–H groups in total. The van der Waals surface area contributed by atoms with Crippen LogP contribution >= 0.6 is 12.4 Å². The van der Waals surface area contributed by atoms with E-state index < -0.39 is 0 Å². The molecule has 116 valence electrons. The second-order valence-electron chi connectivity index (χ2n) is 5.57. The first-order valence-electron chi connectivity index (χ1n) is 7.43. The van der Waals surface area contributed by atoms with Gasteiger partial charge in [0.15, 0.2) is 0 Å². The third-order valence-corrected chi connectivity index (χ3v) is 4.09. The third-order valence-electron chi connectivity index (χ3n) is 4.09. The summed E-state index contributed by atoms with van der Waals surface area (Å²) in [6.45, 7) is 0.855. The molecule has 1 unspecified atom stereocenters. The Balaban J connectivity index is 0.00000176. The second-order valence-corrected chi connectivity index (χ2v) is 5.57. The fraction of sp³-hybridized carbons (Fsp3) is 0.278. The summed E-state index contributed by atoms with van der Waals surface area (Å²) in [6.07, 6.45) is 2.58. The van der Waals surface area contributed by atoms with Gasteiger partial charge in [0.25, 0.3) is 0 Å². The van der Waals surface area contributed by atoms with Crippen LogP contribution in [0.4, 0.5) is 5.69 Å². The Kier molecular flexibility index (Phi) is 5.45. The minimum atomic E-state index is 0.